The van der Waals surface area contributed by atoms with Crippen molar-refractivity contribution < 1.29 is 32.2 Å². The number of hydrogen-bond acceptors (Lipinski definition) is 4. The third-order valence-corrected chi connectivity index (χ3v) is 7.51. The van der Waals surface area contributed by atoms with E-state index in [0.717, 1.165) is 31.4 Å². The first-order valence-corrected chi connectivity index (χ1v) is 12.4. The lowest BCUT2D eigenvalue weighted by atomic mass is 9.71. The van der Waals surface area contributed by atoms with Crippen LogP contribution in [-0.4, -0.2) is 53.9 Å². The lowest BCUT2D eigenvalue weighted by molar-refractivity contribution is -0.137. The van der Waals surface area contributed by atoms with E-state index in [1.807, 2.05) is 0 Å². The maximum Gasteiger partial charge on any atom is 0.416 e. The Morgan fingerprint density at radius 2 is 1.91 bits per heavy atom. The normalized spacial score (nSPS) is 28.2. The van der Waals surface area contributed by atoms with Gasteiger partial charge in [0.25, 0.3) is 0 Å². The average Bonchev–Trinajstić information content (AvgIpc) is 2.75. The molecule has 1 heterocycles. The Labute approximate surface area is 205 Å². The summed E-state index contributed by atoms with van der Waals surface area (Å²) in [4.78, 5) is 15.7. The van der Waals surface area contributed by atoms with Crippen molar-refractivity contribution in [1.29, 1.82) is 0 Å². The molecule has 0 radical (unpaired) electrons. The second kappa shape index (κ2) is 11.1. The van der Waals surface area contributed by atoms with Crippen molar-refractivity contribution in [2.24, 2.45) is 17.8 Å². The van der Waals surface area contributed by atoms with Crippen LogP contribution < -0.4 is 5.32 Å². The van der Waals surface area contributed by atoms with Crippen molar-refractivity contribution in [2.45, 2.75) is 83.3 Å². The molecule has 1 saturated carbocycles. The van der Waals surface area contributed by atoms with Gasteiger partial charge in [0.2, 0.25) is 5.91 Å². The highest BCUT2D eigenvalue weighted by atomic mass is 19.4. The molecule has 9 heteroatoms. The SMILES string of the molecule is CC1COCCC1N(C)C1CCC(CC(C)(C)O)[C@H](C(=O)NCc2cc(F)cc(C(F)(F)F)c2)C1. The minimum absolute atomic E-state index is 0.0509. The predicted octanol–water partition coefficient (Wildman–Crippen LogP) is 4.76. The van der Waals surface area contributed by atoms with Gasteiger partial charge in [-0.2, -0.15) is 13.2 Å². The van der Waals surface area contributed by atoms with Crippen molar-refractivity contribution in [3.8, 4) is 0 Å². The van der Waals surface area contributed by atoms with Crippen LogP contribution in [0.15, 0.2) is 18.2 Å². The largest absolute Gasteiger partial charge is 0.416 e. The van der Waals surface area contributed by atoms with Crippen LogP contribution in [0.2, 0.25) is 0 Å². The van der Waals surface area contributed by atoms with E-state index in [0.29, 0.717) is 44.1 Å². The highest BCUT2D eigenvalue weighted by molar-refractivity contribution is 5.79. The van der Waals surface area contributed by atoms with E-state index in [1.54, 1.807) is 13.8 Å². The van der Waals surface area contributed by atoms with Gasteiger partial charge in [-0.1, -0.05) is 6.92 Å². The van der Waals surface area contributed by atoms with Gasteiger partial charge in [0.05, 0.1) is 17.8 Å². The molecule has 5 atom stereocenters. The number of rotatable bonds is 7. The molecule has 2 aliphatic rings. The molecule has 198 valence electrons. The van der Waals surface area contributed by atoms with Gasteiger partial charge in [-0.3, -0.25) is 4.79 Å². The summed E-state index contributed by atoms with van der Waals surface area (Å²) in [5.74, 6) is -1.33. The summed E-state index contributed by atoms with van der Waals surface area (Å²) in [7, 11) is 2.09. The quantitative estimate of drug-likeness (QED) is 0.528. The van der Waals surface area contributed by atoms with Crippen molar-refractivity contribution >= 4 is 5.91 Å². The molecular weight excluding hydrogens is 464 g/mol. The minimum Gasteiger partial charge on any atom is -0.390 e. The highest BCUT2D eigenvalue weighted by Gasteiger charge is 2.41. The number of benzene rings is 1. The third-order valence-electron chi connectivity index (χ3n) is 7.51. The lowest BCUT2D eigenvalue weighted by Gasteiger charge is -2.45. The first-order valence-electron chi connectivity index (χ1n) is 12.4. The number of hydrogen-bond donors (Lipinski definition) is 2. The summed E-state index contributed by atoms with van der Waals surface area (Å²) in [6.07, 6.45) is -1.01. The summed E-state index contributed by atoms with van der Waals surface area (Å²) in [5, 5.41) is 13.2. The van der Waals surface area contributed by atoms with Gasteiger partial charge < -0.3 is 20.1 Å². The summed E-state index contributed by atoms with van der Waals surface area (Å²) in [6, 6.07) is 2.86. The number of halogens is 4. The zero-order chi connectivity index (χ0) is 26.0. The predicted molar refractivity (Wildman–Crippen MR) is 125 cm³/mol. The summed E-state index contributed by atoms with van der Waals surface area (Å²) in [6.45, 7) is 6.83. The molecule has 1 aromatic rings. The molecule has 1 aliphatic heterocycles. The number of alkyl halides is 3. The smallest absolute Gasteiger partial charge is 0.390 e. The van der Waals surface area contributed by atoms with E-state index in [2.05, 4.69) is 24.2 Å². The van der Waals surface area contributed by atoms with Crippen molar-refractivity contribution in [1.82, 2.24) is 10.2 Å². The van der Waals surface area contributed by atoms with E-state index >= 15 is 0 Å². The number of nitrogens with one attached hydrogen (secondary N) is 1. The Hall–Kier alpha value is -1.71. The zero-order valence-corrected chi connectivity index (χ0v) is 21.0. The minimum atomic E-state index is -4.67. The van der Waals surface area contributed by atoms with Crippen molar-refractivity contribution in [3.63, 3.8) is 0 Å². The Bertz CT molecular complexity index is 871. The van der Waals surface area contributed by atoms with Crippen LogP contribution in [0.4, 0.5) is 17.6 Å². The molecule has 5 nitrogen and oxygen atoms in total. The second-order valence-corrected chi connectivity index (χ2v) is 11.0. The molecule has 35 heavy (non-hydrogen) atoms. The first kappa shape index (κ1) is 27.9. The van der Waals surface area contributed by atoms with Crippen molar-refractivity contribution in [3.05, 3.63) is 35.1 Å². The molecule has 1 saturated heterocycles. The molecule has 1 aromatic carbocycles. The van der Waals surface area contributed by atoms with Gasteiger partial charge in [0, 0.05) is 31.2 Å². The van der Waals surface area contributed by atoms with Crippen LogP contribution in [0.5, 0.6) is 0 Å². The van der Waals surface area contributed by atoms with Gasteiger partial charge in [-0.25, -0.2) is 4.39 Å². The molecule has 0 spiro atoms. The molecule has 2 fully saturated rings. The third kappa shape index (κ3) is 7.64. The van der Waals surface area contributed by atoms with Gasteiger partial charge in [-0.15, -0.1) is 0 Å². The molecule has 0 aromatic heterocycles. The number of carbonyl (C=O) groups excluding carboxylic acids is 1. The molecule has 4 unspecified atom stereocenters. The summed E-state index contributed by atoms with van der Waals surface area (Å²) >= 11 is 0. The summed E-state index contributed by atoms with van der Waals surface area (Å²) in [5.41, 5.74) is -1.96. The van der Waals surface area contributed by atoms with Crippen LogP contribution in [0, 0.1) is 23.6 Å². The molecule has 0 bridgehead atoms. The monoisotopic (exact) mass is 502 g/mol. The topological polar surface area (TPSA) is 61.8 Å². The fourth-order valence-electron chi connectivity index (χ4n) is 5.77. The van der Waals surface area contributed by atoms with E-state index in [1.165, 1.54) is 0 Å². The Morgan fingerprint density at radius 1 is 1.20 bits per heavy atom. The highest BCUT2D eigenvalue weighted by Crippen LogP contribution is 2.39. The van der Waals surface area contributed by atoms with Crippen LogP contribution in [0.3, 0.4) is 0 Å². The second-order valence-electron chi connectivity index (χ2n) is 11.0. The Balaban J connectivity index is 1.73. The number of carbonyl (C=O) groups is 1. The standard InChI is InChI=1S/C26H38F4N2O3/c1-16-15-35-8-7-23(16)32(4)21-6-5-18(13-25(2,3)34)22(12-21)24(33)31-14-17-9-19(26(28,29)30)11-20(27)10-17/h9-11,16,18,21-23,34H,5-8,12-15H2,1-4H3,(H,31,33)/t16?,18?,21?,22-,23?/m1/s1. The molecule has 2 N–H and O–H groups in total. The van der Waals surface area contributed by atoms with Crippen LogP contribution >= 0.6 is 0 Å². The molecule has 1 amide bonds. The molecular formula is C26H38F4N2O3. The van der Waals surface area contributed by atoms with Gasteiger partial charge >= 0.3 is 6.18 Å². The van der Waals surface area contributed by atoms with Gasteiger partial charge in [0.1, 0.15) is 5.82 Å². The van der Waals surface area contributed by atoms with Crippen LogP contribution in [0.25, 0.3) is 0 Å². The number of ether oxygens (including phenoxy) is 1. The van der Waals surface area contributed by atoms with Gasteiger partial charge in [-0.05, 0) is 88.6 Å². The zero-order valence-electron chi connectivity index (χ0n) is 21.0. The number of amides is 1. The molecule has 1 aliphatic carbocycles. The van der Waals surface area contributed by atoms with Gasteiger partial charge in [0.15, 0.2) is 0 Å². The summed E-state index contributed by atoms with van der Waals surface area (Å²) < 4.78 is 58.5. The van der Waals surface area contributed by atoms with E-state index in [4.69, 9.17) is 4.74 Å². The lowest BCUT2D eigenvalue weighted by Crippen LogP contribution is -2.51. The van der Waals surface area contributed by atoms with E-state index in [-0.39, 0.29) is 30.0 Å². The average molecular weight is 503 g/mol. The first-order chi connectivity index (χ1) is 16.2. The molecule has 3 rings (SSSR count). The van der Waals surface area contributed by atoms with E-state index < -0.39 is 29.1 Å². The van der Waals surface area contributed by atoms with E-state index in [9.17, 15) is 27.5 Å². The number of nitrogens with zero attached hydrogens (tertiary/aromatic N) is 1. The Kier molecular flexibility index (Phi) is 8.86. The van der Waals surface area contributed by atoms with Crippen molar-refractivity contribution in [2.75, 3.05) is 20.3 Å². The van der Waals surface area contributed by atoms with Crippen LogP contribution in [-0.2, 0) is 22.3 Å². The maximum absolute atomic E-state index is 13.8. The number of aliphatic hydroxyl groups is 1. The Morgan fingerprint density at radius 3 is 2.54 bits per heavy atom. The fourth-order valence-corrected chi connectivity index (χ4v) is 5.77. The fraction of sp³-hybridized carbons (Fsp3) is 0.731. The van der Waals surface area contributed by atoms with Crippen LogP contribution in [0.1, 0.15) is 64.0 Å². The maximum atomic E-state index is 13.8.